The maximum atomic E-state index is 13.3. The first-order valence-electron chi connectivity index (χ1n) is 30.9. The van der Waals surface area contributed by atoms with Crippen LogP contribution in [0.25, 0.3) is 130 Å². The minimum atomic E-state index is -0.858. The lowest BCUT2D eigenvalue weighted by molar-refractivity contribution is 0.416. The Labute approximate surface area is 523 Å². The van der Waals surface area contributed by atoms with Gasteiger partial charge in [-0.2, -0.15) is 0 Å². The van der Waals surface area contributed by atoms with Crippen LogP contribution in [0.4, 0.5) is 0 Å². The van der Waals surface area contributed by atoms with Crippen LogP contribution in [0.1, 0.15) is 164 Å². The van der Waals surface area contributed by atoms with Crippen molar-refractivity contribution in [1.29, 1.82) is 0 Å². The van der Waals surface area contributed by atoms with E-state index in [2.05, 4.69) is 0 Å². The van der Waals surface area contributed by atoms with Gasteiger partial charge in [-0.05, 0) is 150 Å². The molecule has 0 amide bonds. The van der Waals surface area contributed by atoms with E-state index in [-0.39, 0.29) is 96.3 Å². The van der Waals surface area contributed by atoms with Gasteiger partial charge in [0, 0.05) is 125 Å². The van der Waals surface area contributed by atoms with E-state index in [1.807, 2.05) is 168 Å². The van der Waals surface area contributed by atoms with Crippen LogP contribution in [0.3, 0.4) is 0 Å². The third kappa shape index (κ3) is 7.89. The maximum absolute atomic E-state index is 13.3. The monoisotopic (exact) mass is 1200 g/mol. The molecule has 90 heavy (non-hydrogen) atoms. The largest absolute Gasteiger partial charge is 0.507 e. The summed E-state index contributed by atoms with van der Waals surface area (Å²) in [6.07, 6.45) is 0. The maximum Gasteiger partial charge on any atom is 0.131 e. The third-order valence-electron chi connectivity index (χ3n) is 19.3. The molecule has 0 aliphatic carbocycles. The highest BCUT2D eigenvalue weighted by Crippen LogP contribution is 2.62. The molecule has 0 spiro atoms. The van der Waals surface area contributed by atoms with Crippen LogP contribution in [0.5, 0.6) is 63.2 Å². The summed E-state index contributed by atoms with van der Waals surface area (Å²) in [6, 6.07) is 22.0. The molecule has 462 valence electrons. The summed E-state index contributed by atoms with van der Waals surface area (Å²) in [7, 11) is 0. The highest BCUT2D eigenvalue weighted by molar-refractivity contribution is 6.35. The van der Waals surface area contributed by atoms with Crippen LogP contribution in [0, 0.1) is 6.92 Å². The van der Waals surface area contributed by atoms with Crippen LogP contribution < -0.4 is 0 Å². The first-order valence-corrected chi connectivity index (χ1v) is 30.9. The third-order valence-corrected chi connectivity index (χ3v) is 19.3. The Morgan fingerprint density at radius 3 is 0.633 bits per heavy atom. The van der Waals surface area contributed by atoms with E-state index < -0.39 is 32.5 Å². The Bertz CT molecular complexity index is 4810. The van der Waals surface area contributed by atoms with Gasteiger partial charge in [-0.3, -0.25) is 0 Å². The number of rotatable bonds is 3. The number of benzene rings is 13. The number of phenols is 11. The van der Waals surface area contributed by atoms with Crippen molar-refractivity contribution in [2.45, 2.75) is 164 Å². The Balaban J connectivity index is 1.33. The van der Waals surface area contributed by atoms with Gasteiger partial charge >= 0.3 is 0 Å². The molecule has 0 aliphatic heterocycles. The molecule has 0 aliphatic rings. The van der Waals surface area contributed by atoms with E-state index in [1.165, 1.54) is 0 Å². The second-order valence-corrected chi connectivity index (χ2v) is 31.8. The minimum absolute atomic E-state index is 0.0248. The van der Waals surface area contributed by atoms with Crippen LogP contribution in [0.2, 0.25) is 0 Å². The Morgan fingerprint density at radius 1 is 0.200 bits per heavy atom. The SMILES string of the molecule is Cc1c(C(C)(C)C)c(O)c2cc(-c3cc(-c4cc5c(O)c(C(C)(C)C)c(O)c6ccc7c(O)c(C(C)(C)C)c(O)c4c7c65)cc(-c4cc5c(O)c(C(C)(C)C)c(O)c6ccc7c(O)c(C(C)(C)C)c(O)c4c7c65)c3)c3c(O)c(C(C)(C)C)c(O)c4ccc1c2c43. The molecule has 11 N–H and O–H groups in total. The molecule has 0 radical (unpaired) electrons. The van der Waals surface area contributed by atoms with Crippen LogP contribution >= 0.6 is 0 Å². The van der Waals surface area contributed by atoms with Gasteiger partial charge < -0.3 is 56.2 Å². The molecule has 0 bridgehead atoms. The van der Waals surface area contributed by atoms with Gasteiger partial charge in [-0.15, -0.1) is 0 Å². The molecular formula is C79H80O11. The van der Waals surface area contributed by atoms with Gasteiger partial charge in [0.05, 0.1) is 0 Å². The fraction of sp³-hybridized carbons (Fsp3) is 0.316. The van der Waals surface area contributed by atoms with Crippen molar-refractivity contribution in [2.24, 2.45) is 0 Å². The molecule has 11 nitrogen and oxygen atoms in total. The summed E-state index contributed by atoms with van der Waals surface area (Å²) in [6.45, 7) is 36.6. The van der Waals surface area contributed by atoms with Crippen molar-refractivity contribution >= 4 is 97.0 Å². The number of hydrogen-bond donors (Lipinski definition) is 11. The summed E-state index contributed by atoms with van der Waals surface area (Å²) in [5.41, 5.74) is 0.705. The zero-order valence-corrected chi connectivity index (χ0v) is 54.8. The molecule has 0 heterocycles. The standard InChI is InChI=1S/C79H80O11/c1-32-36-20-21-39-51-48(36)45(68(85)57(32)74(2,3)4)29-42(54(51)71(88)60(65(39)82)77(11,12)13)33-26-34(43-30-46-49-37(63(80)58(69(46)86)75(5,6)7)22-24-40-52(49)55(43)72(89)61(66(40)83)78(14,15)16)28-35(27-33)44-31-47-50-38(64(81)59(70(47)87)76(8,9)10)23-25-41-53(50)56(44)73(90)62(67(41)84)79(17,18)19/h20-31,80-90H,1-19H3. The first kappa shape index (κ1) is 59.7. The fourth-order valence-corrected chi connectivity index (χ4v) is 15.9. The highest BCUT2D eigenvalue weighted by atomic mass is 16.3. The Kier molecular flexibility index (Phi) is 12.1. The van der Waals surface area contributed by atoms with E-state index in [4.69, 9.17) is 0 Å². The van der Waals surface area contributed by atoms with Gasteiger partial charge in [-0.1, -0.05) is 131 Å². The highest BCUT2D eigenvalue weighted by Gasteiger charge is 2.38. The summed E-state index contributed by atoms with van der Waals surface area (Å²) < 4.78 is 0. The van der Waals surface area contributed by atoms with Crippen LogP contribution in [-0.2, 0) is 32.5 Å². The molecule has 13 aromatic rings. The lowest BCUT2D eigenvalue weighted by Crippen LogP contribution is -2.14. The number of aryl methyl sites for hydroxylation is 1. The topological polar surface area (TPSA) is 223 Å². The van der Waals surface area contributed by atoms with E-state index in [9.17, 15) is 56.2 Å². The molecule has 13 rings (SSSR count). The van der Waals surface area contributed by atoms with Crippen LogP contribution in [0.15, 0.2) is 72.8 Å². The second kappa shape index (κ2) is 18.2. The molecule has 0 unspecified atom stereocenters. The second-order valence-electron chi connectivity index (χ2n) is 31.8. The summed E-state index contributed by atoms with van der Waals surface area (Å²) in [5, 5.41) is 148. The quantitative estimate of drug-likeness (QED) is 0.0747. The smallest absolute Gasteiger partial charge is 0.131 e. The predicted octanol–water partition coefficient (Wildman–Crippen LogP) is 20.2. The van der Waals surface area contributed by atoms with Crippen molar-refractivity contribution < 1.29 is 56.2 Å². The average molecular weight is 1210 g/mol. The summed E-state index contributed by atoms with van der Waals surface area (Å²) >= 11 is 0. The lowest BCUT2D eigenvalue weighted by atomic mass is 9.75. The molecule has 0 saturated carbocycles. The molecule has 0 fully saturated rings. The van der Waals surface area contributed by atoms with Crippen LogP contribution in [-0.4, -0.2) is 56.2 Å². The van der Waals surface area contributed by atoms with E-state index in [1.54, 1.807) is 36.4 Å². The fourth-order valence-electron chi connectivity index (χ4n) is 15.9. The normalized spacial score (nSPS) is 13.5. The molecular weight excluding hydrogens is 1120 g/mol. The predicted molar refractivity (Wildman–Crippen MR) is 369 cm³/mol. The average Bonchev–Trinajstić information content (AvgIpc) is 0.708. The first-order chi connectivity index (χ1) is 41.5. The van der Waals surface area contributed by atoms with Crippen molar-refractivity contribution in [3.05, 3.63) is 112 Å². The van der Waals surface area contributed by atoms with Gasteiger partial charge in [0.25, 0.3) is 0 Å². The molecule has 0 saturated heterocycles. The summed E-state index contributed by atoms with van der Waals surface area (Å²) in [5.74, 6) is -1.80. The molecule has 0 atom stereocenters. The summed E-state index contributed by atoms with van der Waals surface area (Å²) in [4.78, 5) is 0. The molecule has 11 heteroatoms. The van der Waals surface area contributed by atoms with Crippen molar-refractivity contribution in [1.82, 2.24) is 0 Å². The Hall–Kier alpha value is -9.22. The van der Waals surface area contributed by atoms with Crippen molar-refractivity contribution in [3.63, 3.8) is 0 Å². The number of aromatic hydroxyl groups is 11. The van der Waals surface area contributed by atoms with E-state index in [0.29, 0.717) is 125 Å². The molecule has 0 aromatic heterocycles. The number of hydrogen-bond acceptors (Lipinski definition) is 11. The zero-order chi connectivity index (χ0) is 65.7. The molecule has 13 aromatic carbocycles. The number of phenolic OH excluding ortho intramolecular Hbond substituents is 11. The van der Waals surface area contributed by atoms with Gasteiger partial charge in [0.15, 0.2) is 0 Å². The van der Waals surface area contributed by atoms with Crippen molar-refractivity contribution in [3.8, 4) is 96.6 Å². The Morgan fingerprint density at radius 2 is 0.389 bits per heavy atom. The van der Waals surface area contributed by atoms with Crippen molar-refractivity contribution in [2.75, 3.05) is 0 Å². The van der Waals surface area contributed by atoms with Gasteiger partial charge in [0.2, 0.25) is 0 Å². The lowest BCUT2D eigenvalue weighted by Gasteiger charge is -2.30. The zero-order valence-electron chi connectivity index (χ0n) is 54.8. The minimum Gasteiger partial charge on any atom is -0.507 e. The van der Waals surface area contributed by atoms with Gasteiger partial charge in [0.1, 0.15) is 63.2 Å². The van der Waals surface area contributed by atoms with E-state index >= 15 is 0 Å². The van der Waals surface area contributed by atoms with Gasteiger partial charge in [-0.25, -0.2) is 0 Å². The van der Waals surface area contributed by atoms with E-state index in [0.717, 1.165) is 10.9 Å².